The van der Waals surface area contributed by atoms with Gasteiger partial charge in [-0.2, -0.15) is 0 Å². The molecule has 1 N–H and O–H groups in total. The van der Waals surface area contributed by atoms with E-state index >= 15 is 0 Å². The average Bonchev–Trinajstić information content (AvgIpc) is 2.70. The van der Waals surface area contributed by atoms with Crippen molar-refractivity contribution in [3.8, 4) is 0 Å². The quantitative estimate of drug-likeness (QED) is 0.809. The van der Waals surface area contributed by atoms with Crippen molar-refractivity contribution in [3.63, 3.8) is 0 Å². The Bertz CT molecular complexity index is 513. The molecule has 2 rings (SSSR count). The fourth-order valence-corrected chi connectivity index (χ4v) is 2.75. The largest absolute Gasteiger partial charge is 0.379 e. The second-order valence-corrected chi connectivity index (χ2v) is 6.47. The molecule has 18 heavy (non-hydrogen) atoms. The number of hydrogen-bond donors (Lipinski definition) is 1. The van der Waals surface area contributed by atoms with Crippen LogP contribution in [0.2, 0.25) is 0 Å². The molecule has 0 radical (unpaired) electrons. The first kappa shape index (κ1) is 13.8. The van der Waals surface area contributed by atoms with E-state index in [4.69, 9.17) is 4.74 Å². The summed E-state index contributed by atoms with van der Waals surface area (Å²) in [5, 5.41) is 4.25. The Morgan fingerprint density at radius 2 is 2.28 bits per heavy atom. The van der Waals surface area contributed by atoms with Crippen LogP contribution < -0.4 is 5.32 Å². The molecule has 1 aromatic heterocycles. The summed E-state index contributed by atoms with van der Waals surface area (Å²) in [5.41, 5.74) is 1.03. The molecule has 1 heterocycles. The molecule has 1 aromatic carbocycles. The number of benzene rings is 1. The number of fused-ring (bicyclic) bond motifs is 1. The lowest BCUT2D eigenvalue weighted by Crippen LogP contribution is -2.11. The van der Waals surface area contributed by atoms with E-state index in [-0.39, 0.29) is 0 Å². The Balaban J connectivity index is 1.84. The van der Waals surface area contributed by atoms with Crippen molar-refractivity contribution in [3.05, 3.63) is 22.7 Å². The van der Waals surface area contributed by atoms with Crippen LogP contribution in [-0.2, 0) is 4.74 Å². The third-order valence-corrected chi connectivity index (χ3v) is 3.81. The first-order valence-corrected chi connectivity index (χ1v) is 7.64. The summed E-state index contributed by atoms with van der Waals surface area (Å²) in [5.74, 6) is 0.588. The lowest BCUT2D eigenvalue weighted by atomic mass is 10.2. The zero-order chi connectivity index (χ0) is 13.0. The van der Waals surface area contributed by atoms with E-state index in [0.717, 1.165) is 34.9 Å². The van der Waals surface area contributed by atoms with Crippen molar-refractivity contribution in [2.24, 2.45) is 5.92 Å². The van der Waals surface area contributed by atoms with E-state index in [1.54, 1.807) is 11.3 Å². The number of halogens is 1. The Morgan fingerprint density at radius 1 is 1.44 bits per heavy atom. The molecule has 0 atom stereocenters. The normalized spacial score (nSPS) is 11.3. The monoisotopic (exact) mass is 328 g/mol. The van der Waals surface area contributed by atoms with E-state index in [0.29, 0.717) is 5.92 Å². The molecule has 0 spiro atoms. The Morgan fingerprint density at radius 3 is 3.06 bits per heavy atom. The Kier molecular flexibility index (Phi) is 4.97. The van der Waals surface area contributed by atoms with Gasteiger partial charge in [0.1, 0.15) is 0 Å². The summed E-state index contributed by atoms with van der Waals surface area (Å²) in [6, 6.07) is 6.15. The SMILES string of the molecule is CC(C)COCCNc1nc2cc(Br)ccc2s1. The van der Waals surface area contributed by atoms with Crippen LogP contribution >= 0.6 is 27.3 Å². The van der Waals surface area contributed by atoms with Crippen LogP contribution in [0.5, 0.6) is 0 Å². The maximum absolute atomic E-state index is 5.52. The van der Waals surface area contributed by atoms with Crippen molar-refractivity contribution in [2.45, 2.75) is 13.8 Å². The molecule has 0 saturated carbocycles. The topological polar surface area (TPSA) is 34.1 Å². The van der Waals surface area contributed by atoms with Crippen LogP contribution in [0.15, 0.2) is 22.7 Å². The number of ether oxygens (including phenoxy) is 1. The zero-order valence-corrected chi connectivity index (χ0v) is 13.0. The fourth-order valence-electron chi connectivity index (χ4n) is 1.53. The number of aromatic nitrogens is 1. The van der Waals surface area contributed by atoms with Gasteiger partial charge in [-0.25, -0.2) is 4.98 Å². The smallest absolute Gasteiger partial charge is 0.183 e. The first-order chi connectivity index (χ1) is 8.65. The summed E-state index contributed by atoms with van der Waals surface area (Å²) in [7, 11) is 0. The number of nitrogens with one attached hydrogen (secondary N) is 1. The van der Waals surface area contributed by atoms with Crippen molar-refractivity contribution in [2.75, 3.05) is 25.1 Å². The predicted octanol–water partition coefficient (Wildman–Crippen LogP) is 4.14. The van der Waals surface area contributed by atoms with Gasteiger partial charge in [-0.3, -0.25) is 0 Å². The summed E-state index contributed by atoms with van der Waals surface area (Å²) >= 11 is 5.12. The summed E-state index contributed by atoms with van der Waals surface area (Å²) < 4.78 is 7.78. The summed E-state index contributed by atoms with van der Waals surface area (Å²) in [4.78, 5) is 4.53. The highest BCUT2D eigenvalue weighted by Crippen LogP contribution is 2.27. The maximum Gasteiger partial charge on any atom is 0.183 e. The molecule has 0 aliphatic rings. The highest BCUT2D eigenvalue weighted by Gasteiger charge is 2.03. The first-order valence-electron chi connectivity index (χ1n) is 6.03. The van der Waals surface area contributed by atoms with Gasteiger partial charge in [0.2, 0.25) is 0 Å². The van der Waals surface area contributed by atoms with Crippen LogP contribution in [-0.4, -0.2) is 24.7 Å². The fraction of sp³-hybridized carbons (Fsp3) is 0.462. The van der Waals surface area contributed by atoms with Crippen LogP contribution in [0.4, 0.5) is 5.13 Å². The molecule has 0 aliphatic carbocycles. The second-order valence-electron chi connectivity index (χ2n) is 4.53. The van der Waals surface area contributed by atoms with Gasteiger partial charge in [0.25, 0.3) is 0 Å². The Labute approximate surface area is 120 Å². The van der Waals surface area contributed by atoms with Gasteiger partial charge in [0, 0.05) is 17.6 Å². The minimum atomic E-state index is 0.588. The summed E-state index contributed by atoms with van der Waals surface area (Å²) in [6.45, 7) is 6.64. The van der Waals surface area contributed by atoms with Crippen molar-refractivity contribution < 1.29 is 4.74 Å². The van der Waals surface area contributed by atoms with Gasteiger partial charge in [-0.15, -0.1) is 0 Å². The molecule has 0 bridgehead atoms. The van der Waals surface area contributed by atoms with Crippen LogP contribution in [0, 0.1) is 5.92 Å². The van der Waals surface area contributed by atoms with Crippen molar-refractivity contribution in [1.29, 1.82) is 0 Å². The number of thiazole rings is 1. The molecule has 2 aromatic rings. The van der Waals surface area contributed by atoms with Gasteiger partial charge in [0.05, 0.1) is 16.8 Å². The molecule has 5 heteroatoms. The molecule has 0 fully saturated rings. The highest BCUT2D eigenvalue weighted by molar-refractivity contribution is 9.10. The molecule has 3 nitrogen and oxygen atoms in total. The van der Waals surface area contributed by atoms with E-state index in [1.165, 1.54) is 4.70 Å². The minimum Gasteiger partial charge on any atom is -0.379 e. The second kappa shape index (κ2) is 6.50. The van der Waals surface area contributed by atoms with Crippen LogP contribution in [0.25, 0.3) is 10.2 Å². The average molecular weight is 329 g/mol. The Hall–Kier alpha value is -0.650. The van der Waals surface area contributed by atoms with E-state index in [2.05, 4.69) is 46.1 Å². The maximum atomic E-state index is 5.52. The van der Waals surface area contributed by atoms with Crippen molar-refractivity contribution in [1.82, 2.24) is 4.98 Å². The van der Waals surface area contributed by atoms with Crippen LogP contribution in [0.1, 0.15) is 13.8 Å². The van der Waals surface area contributed by atoms with Crippen LogP contribution in [0.3, 0.4) is 0 Å². The van der Waals surface area contributed by atoms with Gasteiger partial charge in [-0.1, -0.05) is 41.1 Å². The molecule has 0 saturated heterocycles. The molecule has 98 valence electrons. The van der Waals surface area contributed by atoms with Gasteiger partial charge >= 0.3 is 0 Å². The van der Waals surface area contributed by atoms with E-state index in [1.807, 2.05) is 12.1 Å². The number of rotatable bonds is 6. The van der Waals surface area contributed by atoms with Gasteiger partial charge < -0.3 is 10.1 Å². The lowest BCUT2D eigenvalue weighted by Gasteiger charge is -2.06. The molecule has 0 aliphatic heterocycles. The van der Waals surface area contributed by atoms with Gasteiger partial charge in [0.15, 0.2) is 5.13 Å². The zero-order valence-electron chi connectivity index (χ0n) is 10.6. The molecular formula is C13H17BrN2OS. The molecule has 0 unspecified atom stereocenters. The van der Waals surface area contributed by atoms with Gasteiger partial charge in [-0.05, 0) is 24.1 Å². The van der Waals surface area contributed by atoms with E-state index in [9.17, 15) is 0 Å². The van der Waals surface area contributed by atoms with Crippen molar-refractivity contribution >= 4 is 42.6 Å². The molecular weight excluding hydrogens is 312 g/mol. The predicted molar refractivity (Wildman–Crippen MR) is 81.5 cm³/mol. The standard InChI is InChI=1S/C13H17BrN2OS/c1-9(2)8-17-6-5-15-13-16-11-7-10(14)3-4-12(11)18-13/h3-4,7,9H,5-6,8H2,1-2H3,(H,15,16). The minimum absolute atomic E-state index is 0.588. The highest BCUT2D eigenvalue weighted by atomic mass is 79.9. The summed E-state index contributed by atoms with van der Waals surface area (Å²) in [6.07, 6.45) is 0. The molecule has 0 amide bonds. The van der Waals surface area contributed by atoms with E-state index < -0.39 is 0 Å². The third-order valence-electron chi connectivity index (χ3n) is 2.32. The lowest BCUT2D eigenvalue weighted by molar-refractivity contribution is 0.118. The third kappa shape index (κ3) is 3.93. The number of nitrogens with zero attached hydrogens (tertiary/aromatic N) is 1. The number of hydrogen-bond acceptors (Lipinski definition) is 4. The number of anilines is 1.